The molecule has 3 aromatic rings. The van der Waals surface area contributed by atoms with Gasteiger partial charge in [-0.15, -0.1) is 0 Å². The van der Waals surface area contributed by atoms with Gasteiger partial charge >= 0.3 is 0 Å². The fraction of sp³-hybridized carbons (Fsp3) is 0.211. The second-order valence-corrected chi connectivity index (χ2v) is 5.62. The summed E-state index contributed by atoms with van der Waals surface area (Å²) < 4.78 is 10.7. The third-order valence-electron chi connectivity index (χ3n) is 3.70. The second-order valence-electron chi connectivity index (χ2n) is 5.62. The molecule has 0 aliphatic rings. The van der Waals surface area contributed by atoms with Gasteiger partial charge in [-0.1, -0.05) is 6.07 Å². The third-order valence-corrected chi connectivity index (χ3v) is 3.70. The molecule has 26 heavy (non-hydrogen) atoms. The highest BCUT2D eigenvalue weighted by atomic mass is 16.5. The van der Waals surface area contributed by atoms with Crippen LogP contribution < -0.4 is 20.1 Å². The minimum atomic E-state index is 0.477. The molecule has 0 spiro atoms. The second kappa shape index (κ2) is 8.15. The summed E-state index contributed by atoms with van der Waals surface area (Å²) in [5.41, 5.74) is 2.65. The monoisotopic (exact) mass is 351 g/mol. The van der Waals surface area contributed by atoms with E-state index in [4.69, 9.17) is 9.47 Å². The highest BCUT2D eigenvalue weighted by molar-refractivity contribution is 5.65. The standard InChI is InChI=1S/C19H21N5O2/c1-13-9-18(21-12-14-5-4-8-20-11-14)24-19(22-13)23-16-10-15(25-2)6-7-17(16)26-3/h4-11H,12H2,1-3H3,(H2,21,22,23,24). The molecule has 0 saturated carbocycles. The van der Waals surface area contributed by atoms with Crippen molar-refractivity contribution in [2.75, 3.05) is 24.9 Å². The van der Waals surface area contributed by atoms with Crippen molar-refractivity contribution in [2.24, 2.45) is 0 Å². The Hall–Kier alpha value is -3.35. The zero-order valence-electron chi connectivity index (χ0n) is 15.0. The van der Waals surface area contributed by atoms with Crippen LogP contribution in [0.25, 0.3) is 0 Å². The van der Waals surface area contributed by atoms with Crippen LogP contribution in [0.15, 0.2) is 48.8 Å². The molecule has 134 valence electrons. The zero-order chi connectivity index (χ0) is 18.4. The van der Waals surface area contributed by atoms with Gasteiger partial charge in [-0.2, -0.15) is 4.98 Å². The van der Waals surface area contributed by atoms with E-state index in [1.165, 1.54) is 0 Å². The SMILES string of the molecule is COc1ccc(OC)c(Nc2nc(C)cc(NCc3cccnc3)n2)c1. The molecule has 1 aromatic carbocycles. The highest BCUT2D eigenvalue weighted by Crippen LogP contribution is 2.30. The number of nitrogens with zero attached hydrogens (tertiary/aromatic N) is 3. The molecule has 0 atom stereocenters. The topological polar surface area (TPSA) is 81.2 Å². The molecule has 0 bridgehead atoms. The Morgan fingerprint density at radius 3 is 2.65 bits per heavy atom. The molecule has 7 nitrogen and oxygen atoms in total. The van der Waals surface area contributed by atoms with E-state index in [1.54, 1.807) is 20.4 Å². The molecular formula is C19H21N5O2. The Kier molecular flexibility index (Phi) is 5.48. The number of hydrogen-bond donors (Lipinski definition) is 2. The molecule has 0 aliphatic carbocycles. The quantitative estimate of drug-likeness (QED) is 0.673. The lowest BCUT2D eigenvalue weighted by Crippen LogP contribution is -2.06. The lowest BCUT2D eigenvalue weighted by molar-refractivity contribution is 0.405. The van der Waals surface area contributed by atoms with Crippen molar-refractivity contribution in [3.05, 3.63) is 60.0 Å². The first-order chi connectivity index (χ1) is 12.7. The van der Waals surface area contributed by atoms with Gasteiger partial charge in [-0.05, 0) is 30.7 Å². The summed E-state index contributed by atoms with van der Waals surface area (Å²) in [6.45, 7) is 2.55. The highest BCUT2D eigenvalue weighted by Gasteiger charge is 2.09. The molecule has 3 rings (SSSR count). The van der Waals surface area contributed by atoms with Gasteiger partial charge in [0.15, 0.2) is 0 Å². The minimum absolute atomic E-state index is 0.477. The van der Waals surface area contributed by atoms with Crippen LogP contribution in [0.5, 0.6) is 11.5 Å². The predicted octanol–water partition coefficient (Wildman–Crippen LogP) is 3.55. The van der Waals surface area contributed by atoms with E-state index in [9.17, 15) is 0 Å². The summed E-state index contributed by atoms with van der Waals surface area (Å²) in [6.07, 6.45) is 3.57. The van der Waals surface area contributed by atoms with Crippen LogP contribution in [0.1, 0.15) is 11.3 Å². The van der Waals surface area contributed by atoms with Crippen molar-refractivity contribution >= 4 is 17.5 Å². The van der Waals surface area contributed by atoms with Crippen LogP contribution in [0, 0.1) is 6.92 Å². The summed E-state index contributed by atoms with van der Waals surface area (Å²) in [5.74, 6) is 2.60. The van der Waals surface area contributed by atoms with Crippen LogP contribution in [0.3, 0.4) is 0 Å². The average molecular weight is 351 g/mol. The number of benzene rings is 1. The lowest BCUT2D eigenvalue weighted by atomic mass is 10.2. The van der Waals surface area contributed by atoms with Crippen LogP contribution in [-0.4, -0.2) is 29.2 Å². The summed E-state index contributed by atoms with van der Waals surface area (Å²) in [7, 11) is 3.24. The maximum atomic E-state index is 5.39. The lowest BCUT2D eigenvalue weighted by Gasteiger charge is -2.13. The molecule has 0 saturated heterocycles. The Morgan fingerprint density at radius 1 is 1.04 bits per heavy atom. The molecular weight excluding hydrogens is 330 g/mol. The first-order valence-corrected chi connectivity index (χ1v) is 8.15. The Balaban J connectivity index is 1.79. The van der Waals surface area contributed by atoms with Gasteiger partial charge in [0.05, 0.1) is 19.9 Å². The van der Waals surface area contributed by atoms with Crippen molar-refractivity contribution in [1.29, 1.82) is 0 Å². The van der Waals surface area contributed by atoms with Crippen molar-refractivity contribution in [1.82, 2.24) is 15.0 Å². The zero-order valence-corrected chi connectivity index (χ0v) is 15.0. The van der Waals surface area contributed by atoms with Crippen LogP contribution in [0.4, 0.5) is 17.5 Å². The Bertz CT molecular complexity index is 871. The number of anilines is 3. The number of pyridine rings is 1. The molecule has 0 fully saturated rings. The number of nitrogens with one attached hydrogen (secondary N) is 2. The van der Waals surface area contributed by atoms with Gasteiger partial charge in [0.2, 0.25) is 5.95 Å². The number of hydrogen-bond acceptors (Lipinski definition) is 7. The van der Waals surface area contributed by atoms with E-state index in [0.717, 1.165) is 28.5 Å². The van der Waals surface area contributed by atoms with Crippen molar-refractivity contribution in [3.8, 4) is 11.5 Å². The molecule has 0 aliphatic heterocycles. The maximum absolute atomic E-state index is 5.39. The van der Waals surface area contributed by atoms with E-state index in [1.807, 2.05) is 49.5 Å². The molecule has 7 heteroatoms. The third kappa shape index (κ3) is 4.38. The van der Waals surface area contributed by atoms with E-state index < -0.39 is 0 Å². The van der Waals surface area contributed by atoms with Gasteiger partial charge in [0, 0.05) is 36.8 Å². The van der Waals surface area contributed by atoms with Crippen molar-refractivity contribution < 1.29 is 9.47 Å². The van der Waals surface area contributed by atoms with E-state index in [0.29, 0.717) is 18.2 Å². The van der Waals surface area contributed by atoms with Crippen molar-refractivity contribution in [2.45, 2.75) is 13.5 Å². The van der Waals surface area contributed by atoms with Gasteiger partial charge in [-0.25, -0.2) is 4.98 Å². The largest absolute Gasteiger partial charge is 0.497 e. The van der Waals surface area contributed by atoms with Crippen LogP contribution >= 0.6 is 0 Å². The first-order valence-electron chi connectivity index (χ1n) is 8.15. The Labute approximate surface area is 152 Å². The number of rotatable bonds is 7. The normalized spacial score (nSPS) is 10.3. The van der Waals surface area contributed by atoms with E-state index in [2.05, 4.69) is 25.6 Å². The maximum Gasteiger partial charge on any atom is 0.229 e. The summed E-state index contributed by atoms with van der Waals surface area (Å²) in [6, 6.07) is 11.3. The summed E-state index contributed by atoms with van der Waals surface area (Å²) in [5, 5.41) is 6.49. The predicted molar refractivity (Wildman–Crippen MR) is 101 cm³/mol. The van der Waals surface area contributed by atoms with Gasteiger partial charge in [0.1, 0.15) is 17.3 Å². The number of methoxy groups -OCH3 is 2. The van der Waals surface area contributed by atoms with Gasteiger partial charge in [-0.3, -0.25) is 4.98 Å². The molecule has 2 aromatic heterocycles. The Morgan fingerprint density at radius 2 is 1.92 bits per heavy atom. The molecule has 0 unspecified atom stereocenters. The van der Waals surface area contributed by atoms with E-state index >= 15 is 0 Å². The smallest absolute Gasteiger partial charge is 0.229 e. The minimum Gasteiger partial charge on any atom is -0.497 e. The molecule has 2 heterocycles. The van der Waals surface area contributed by atoms with Crippen LogP contribution in [0.2, 0.25) is 0 Å². The van der Waals surface area contributed by atoms with Crippen LogP contribution in [-0.2, 0) is 6.54 Å². The fourth-order valence-electron chi connectivity index (χ4n) is 2.44. The summed E-state index contributed by atoms with van der Waals surface area (Å²) in [4.78, 5) is 13.1. The fourth-order valence-corrected chi connectivity index (χ4v) is 2.44. The number of aryl methyl sites for hydroxylation is 1. The van der Waals surface area contributed by atoms with Gasteiger partial charge in [0.25, 0.3) is 0 Å². The molecule has 2 N–H and O–H groups in total. The average Bonchev–Trinajstić information content (AvgIpc) is 2.66. The molecule has 0 amide bonds. The number of ether oxygens (including phenoxy) is 2. The summed E-state index contributed by atoms with van der Waals surface area (Å²) >= 11 is 0. The van der Waals surface area contributed by atoms with Gasteiger partial charge < -0.3 is 20.1 Å². The van der Waals surface area contributed by atoms with E-state index in [-0.39, 0.29) is 0 Å². The van der Waals surface area contributed by atoms with Crippen molar-refractivity contribution in [3.63, 3.8) is 0 Å². The molecule has 0 radical (unpaired) electrons. The number of aromatic nitrogens is 3. The first kappa shape index (κ1) is 17.5.